The maximum Gasteiger partial charge on any atom is 0.0765 e. The van der Waals surface area contributed by atoms with E-state index < -0.39 is 0 Å². The Morgan fingerprint density at radius 1 is 1.05 bits per heavy atom. The standard InChI is InChI=1S/C17H21NS3/c1-5-18-16(12-6-7-15(21-12)17(2,3)4)14-10-13-11(20-14)8-9-19-13/h6-10,16,18H,5H2,1-4H3. The topological polar surface area (TPSA) is 12.0 Å². The van der Waals surface area contributed by atoms with Gasteiger partial charge in [-0.1, -0.05) is 27.7 Å². The van der Waals surface area contributed by atoms with Crippen molar-refractivity contribution in [2.75, 3.05) is 6.54 Å². The second-order valence-electron chi connectivity index (χ2n) is 6.24. The van der Waals surface area contributed by atoms with E-state index >= 15 is 0 Å². The van der Waals surface area contributed by atoms with E-state index in [1.807, 2.05) is 34.0 Å². The Kier molecular flexibility index (Phi) is 4.23. The molecule has 0 radical (unpaired) electrons. The highest BCUT2D eigenvalue weighted by Crippen LogP contribution is 2.39. The quantitative estimate of drug-likeness (QED) is 0.614. The van der Waals surface area contributed by atoms with Gasteiger partial charge < -0.3 is 5.32 Å². The van der Waals surface area contributed by atoms with Crippen molar-refractivity contribution in [1.29, 1.82) is 0 Å². The first kappa shape index (κ1) is 15.2. The van der Waals surface area contributed by atoms with Gasteiger partial charge in [-0.15, -0.1) is 34.0 Å². The minimum absolute atomic E-state index is 0.232. The Hall–Kier alpha value is -0.680. The summed E-state index contributed by atoms with van der Waals surface area (Å²) in [6, 6.07) is 9.51. The van der Waals surface area contributed by atoms with Crippen molar-refractivity contribution in [3.8, 4) is 0 Å². The first-order valence-electron chi connectivity index (χ1n) is 7.29. The molecule has 0 fully saturated rings. The van der Waals surface area contributed by atoms with Gasteiger partial charge in [-0.2, -0.15) is 0 Å². The Bertz CT molecular complexity index is 698. The molecule has 112 valence electrons. The summed E-state index contributed by atoms with van der Waals surface area (Å²) in [4.78, 5) is 4.32. The second-order valence-corrected chi connectivity index (χ2v) is 9.42. The van der Waals surface area contributed by atoms with Crippen molar-refractivity contribution >= 4 is 43.4 Å². The summed E-state index contributed by atoms with van der Waals surface area (Å²) in [6.07, 6.45) is 0. The number of fused-ring (bicyclic) bond motifs is 1. The summed E-state index contributed by atoms with van der Waals surface area (Å²) < 4.78 is 2.82. The number of rotatable bonds is 4. The largest absolute Gasteiger partial charge is 0.305 e. The molecular weight excluding hydrogens is 314 g/mol. The van der Waals surface area contributed by atoms with E-state index in [0.29, 0.717) is 6.04 Å². The molecule has 1 nitrogen and oxygen atoms in total. The average Bonchev–Trinajstić information content (AvgIpc) is 3.09. The summed E-state index contributed by atoms with van der Waals surface area (Å²) in [7, 11) is 0. The molecule has 3 rings (SSSR count). The van der Waals surface area contributed by atoms with Crippen LogP contribution in [0.4, 0.5) is 0 Å². The molecule has 1 N–H and O–H groups in total. The summed E-state index contributed by atoms with van der Waals surface area (Å²) in [6.45, 7) is 10.0. The van der Waals surface area contributed by atoms with Crippen molar-refractivity contribution in [2.24, 2.45) is 0 Å². The summed E-state index contributed by atoms with van der Waals surface area (Å²) in [5, 5.41) is 5.83. The van der Waals surface area contributed by atoms with Gasteiger partial charge >= 0.3 is 0 Å². The summed E-state index contributed by atoms with van der Waals surface area (Å²) >= 11 is 5.70. The van der Waals surface area contributed by atoms with Gasteiger partial charge in [0.25, 0.3) is 0 Å². The van der Waals surface area contributed by atoms with Crippen molar-refractivity contribution in [3.63, 3.8) is 0 Å². The van der Waals surface area contributed by atoms with E-state index in [4.69, 9.17) is 0 Å². The van der Waals surface area contributed by atoms with Crippen LogP contribution >= 0.6 is 34.0 Å². The van der Waals surface area contributed by atoms with Gasteiger partial charge in [0.1, 0.15) is 0 Å². The van der Waals surface area contributed by atoms with Gasteiger partial charge in [0, 0.05) is 24.0 Å². The highest BCUT2D eigenvalue weighted by atomic mass is 32.1. The third-order valence-electron chi connectivity index (χ3n) is 3.50. The van der Waals surface area contributed by atoms with Crippen molar-refractivity contribution in [3.05, 3.63) is 44.3 Å². The molecule has 0 aliphatic heterocycles. The van der Waals surface area contributed by atoms with Crippen molar-refractivity contribution in [2.45, 2.75) is 39.2 Å². The van der Waals surface area contributed by atoms with E-state index in [0.717, 1.165) is 6.54 Å². The van der Waals surface area contributed by atoms with E-state index in [1.165, 1.54) is 24.0 Å². The molecule has 3 heterocycles. The van der Waals surface area contributed by atoms with Crippen LogP contribution in [0.2, 0.25) is 0 Å². The molecule has 3 aromatic heterocycles. The molecule has 4 heteroatoms. The fourth-order valence-electron chi connectivity index (χ4n) is 2.38. The van der Waals surface area contributed by atoms with Gasteiger partial charge in [0.05, 0.1) is 6.04 Å². The fraction of sp³-hybridized carbons (Fsp3) is 0.412. The van der Waals surface area contributed by atoms with E-state index in [-0.39, 0.29) is 5.41 Å². The minimum Gasteiger partial charge on any atom is -0.305 e. The number of hydrogen-bond acceptors (Lipinski definition) is 4. The Morgan fingerprint density at radius 3 is 2.48 bits per heavy atom. The monoisotopic (exact) mass is 335 g/mol. The van der Waals surface area contributed by atoms with Gasteiger partial charge in [-0.05, 0) is 41.6 Å². The lowest BCUT2D eigenvalue weighted by atomic mass is 9.95. The van der Waals surface area contributed by atoms with Crippen LogP contribution in [-0.4, -0.2) is 6.54 Å². The number of thiophene rings is 3. The Morgan fingerprint density at radius 2 is 1.86 bits per heavy atom. The lowest BCUT2D eigenvalue weighted by molar-refractivity contribution is 0.604. The van der Waals surface area contributed by atoms with Crippen LogP contribution in [0.5, 0.6) is 0 Å². The van der Waals surface area contributed by atoms with Crippen molar-refractivity contribution < 1.29 is 0 Å². The van der Waals surface area contributed by atoms with Crippen molar-refractivity contribution in [1.82, 2.24) is 5.32 Å². The number of hydrogen-bond donors (Lipinski definition) is 1. The predicted octanol–water partition coefficient (Wildman–Crippen LogP) is 6.02. The molecule has 0 aliphatic rings. The molecule has 0 bridgehead atoms. The van der Waals surface area contributed by atoms with Crippen LogP contribution in [-0.2, 0) is 5.41 Å². The minimum atomic E-state index is 0.232. The lowest BCUT2D eigenvalue weighted by Gasteiger charge is -2.17. The van der Waals surface area contributed by atoms with Crippen LogP contribution in [0.3, 0.4) is 0 Å². The molecular formula is C17H21NS3. The molecule has 21 heavy (non-hydrogen) atoms. The molecule has 0 saturated carbocycles. The van der Waals surface area contributed by atoms with Gasteiger partial charge in [-0.25, -0.2) is 0 Å². The number of nitrogens with one attached hydrogen (secondary N) is 1. The van der Waals surface area contributed by atoms with Crippen LogP contribution in [0.15, 0.2) is 29.6 Å². The third-order valence-corrected chi connectivity index (χ3v) is 7.24. The molecule has 0 aromatic carbocycles. The molecule has 0 aliphatic carbocycles. The Labute approximate surface area is 138 Å². The highest BCUT2D eigenvalue weighted by molar-refractivity contribution is 7.27. The van der Waals surface area contributed by atoms with Gasteiger partial charge in [0.2, 0.25) is 0 Å². The first-order valence-corrected chi connectivity index (χ1v) is 9.81. The molecule has 0 spiro atoms. The predicted molar refractivity (Wildman–Crippen MR) is 98.2 cm³/mol. The van der Waals surface area contributed by atoms with Crippen LogP contribution in [0.25, 0.3) is 9.40 Å². The van der Waals surface area contributed by atoms with Crippen LogP contribution < -0.4 is 5.32 Å². The lowest BCUT2D eigenvalue weighted by Crippen LogP contribution is -2.20. The first-order chi connectivity index (χ1) is 9.99. The average molecular weight is 336 g/mol. The molecule has 0 amide bonds. The summed E-state index contributed by atoms with van der Waals surface area (Å²) in [5.41, 5.74) is 0.232. The van der Waals surface area contributed by atoms with E-state index in [2.05, 4.69) is 62.7 Å². The van der Waals surface area contributed by atoms with E-state index in [1.54, 1.807) is 0 Å². The Balaban J connectivity index is 1.97. The normalized spacial score (nSPS) is 13.9. The zero-order chi connectivity index (χ0) is 15.0. The smallest absolute Gasteiger partial charge is 0.0765 e. The maximum atomic E-state index is 3.66. The second kappa shape index (κ2) is 5.84. The van der Waals surface area contributed by atoms with E-state index in [9.17, 15) is 0 Å². The zero-order valence-corrected chi connectivity index (χ0v) is 15.3. The van der Waals surface area contributed by atoms with Crippen LogP contribution in [0, 0.1) is 0 Å². The highest BCUT2D eigenvalue weighted by Gasteiger charge is 2.22. The van der Waals surface area contributed by atoms with Gasteiger partial charge in [-0.3, -0.25) is 0 Å². The molecule has 3 aromatic rings. The molecule has 1 atom stereocenters. The summed E-state index contributed by atoms with van der Waals surface area (Å²) in [5.74, 6) is 0. The third kappa shape index (κ3) is 3.09. The van der Waals surface area contributed by atoms with Gasteiger partial charge in [0.15, 0.2) is 0 Å². The zero-order valence-electron chi connectivity index (χ0n) is 12.9. The molecule has 1 unspecified atom stereocenters. The maximum absolute atomic E-state index is 3.66. The SMILES string of the molecule is CCNC(c1ccc(C(C)(C)C)s1)c1cc2sccc2s1. The fourth-order valence-corrected chi connectivity index (χ4v) is 5.83. The van der Waals surface area contributed by atoms with Crippen LogP contribution in [0.1, 0.15) is 48.4 Å². The molecule has 0 saturated heterocycles.